The van der Waals surface area contributed by atoms with Gasteiger partial charge in [0.1, 0.15) is 6.54 Å². The second-order valence-corrected chi connectivity index (χ2v) is 7.04. The van der Waals surface area contributed by atoms with E-state index in [0.717, 1.165) is 25.7 Å². The minimum absolute atomic E-state index is 0.0480. The average Bonchev–Trinajstić information content (AvgIpc) is 2.76. The van der Waals surface area contributed by atoms with Crippen LogP contribution in [0.5, 0.6) is 0 Å². The zero-order valence-electron chi connectivity index (χ0n) is 15.8. The zero-order chi connectivity index (χ0) is 19.6. The number of aliphatic imine (C=N–C) groups is 1. The lowest BCUT2D eigenvalue weighted by atomic mass is 9.83. The van der Waals surface area contributed by atoms with Crippen LogP contribution in [-0.2, 0) is 0 Å². The number of carbonyl (C=O) groups is 2. The van der Waals surface area contributed by atoms with Gasteiger partial charge in [-0.2, -0.15) is 5.10 Å². The molecular formula is C23H25N3O2. The van der Waals surface area contributed by atoms with Crippen LogP contribution < -0.4 is 5.43 Å². The second-order valence-electron chi connectivity index (χ2n) is 7.04. The predicted octanol–water partition coefficient (Wildman–Crippen LogP) is 4.16. The van der Waals surface area contributed by atoms with E-state index in [-0.39, 0.29) is 18.2 Å². The van der Waals surface area contributed by atoms with Crippen molar-refractivity contribution in [2.45, 2.75) is 25.7 Å². The van der Waals surface area contributed by atoms with Crippen LogP contribution in [0.4, 0.5) is 0 Å². The Bertz CT molecular complexity index is 752. The first-order valence-corrected chi connectivity index (χ1v) is 9.69. The molecule has 0 aromatic heterocycles. The van der Waals surface area contributed by atoms with Gasteiger partial charge >= 0.3 is 0 Å². The first-order valence-electron chi connectivity index (χ1n) is 9.69. The van der Waals surface area contributed by atoms with Crippen molar-refractivity contribution < 1.29 is 9.59 Å². The summed E-state index contributed by atoms with van der Waals surface area (Å²) < 4.78 is 0. The number of benzene rings is 2. The van der Waals surface area contributed by atoms with Crippen LogP contribution in [0.1, 0.15) is 46.4 Å². The average molecular weight is 375 g/mol. The van der Waals surface area contributed by atoms with Crippen molar-refractivity contribution in [2.75, 3.05) is 6.54 Å². The molecule has 0 unspecified atom stereocenters. The van der Waals surface area contributed by atoms with Crippen molar-refractivity contribution >= 4 is 24.1 Å². The van der Waals surface area contributed by atoms with E-state index in [1.54, 1.807) is 12.1 Å². The fourth-order valence-corrected chi connectivity index (χ4v) is 3.30. The van der Waals surface area contributed by atoms with Crippen LogP contribution in [0.2, 0.25) is 0 Å². The molecule has 0 spiro atoms. The van der Waals surface area contributed by atoms with Gasteiger partial charge in [-0.3, -0.25) is 14.6 Å². The van der Waals surface area contributed by atoms with E-state index in [2.05, 4.69) is 15.5 Å². The molecular weight excluding hydrogens is 350 g/mol. The molecule has 5 heteroatoms. The van der Waals surface area contributed by atoms with E-state index in [0.29, 0.717) is 23.0 Å². The number of ketones is 1. The summed E-state index contributed by atoms with van der Waals surface area (Å²) in [7, 11) is 0. The Morgan fingerprint density at radius 2 is 1.36 bits per heavy atom. The standard InChI is InChI=1S/C23H25N3O2/c27-22(20-7-3-1-4-8-20)17-24-15-18-11-13-19(14-12-18)16-25-26-23(28)21-9-5-2-6-10-21/h1-10,15-16,18-19H,11-14,17H2,(H,26,28)/b24-15?,25-16-. The third kappa shape index (κ3) is 5.98. The van der Waals surface area contributed by atoms with Crippen molar-refractivity contribution in [3.05, 3.63) is 71.8 Å². The lowest BCUT2D eigenvalue weighted by Gasteiger charge is -2.23. The molecule has 1 fully saturated rings. The summed E-state index contributed by atoms with van der Waals surface area (Å²) in [6.45, 7) is 0.205. The van der Waals surface area contributed by atoms with Gasteiger partial charge in [-0.25, -0.2) is 5.43 Å². The van der Waals surface area contributed by atoms with Crippen molar-refractivity contribution in [3.8, 4) is 0 Å². The lowest BCUT2D eigenvalue weighted by Crippen LogP contribution is -2.21. The Kier molecular flexibility index (Phi) is 7.24. The fraction of sp³-hybridized carbons (Fsp3) is 0.304. The van der Waals surface area contributed by atoms with Crippen LogP contribution in [0.3, 0.4) is 0 Å². The molecule has 144 valence electrons. The molecule has 0 heterocycles. The maximum absolute atomic E-state index is 12.0. The monoisotopic (exact) mass is 375 g/mol. The van der Waals surface area contributed by atoms with E-state index in [1.165, 1.54) is 0 Å². The summed E-state index contributed by atoms with van der Waals surface area (Å²) in [4.78, 5) is 28.3. The Morgan fingerprint density at radius 1 is 0.821 bits per heavy atom. The zero-order valence-corrected chi connectivity index (χ0v) is 15.8. The molecule has 1 amide bonds. The number of amides is 1. The molecule has 28 heavy (non-hydrogen) atoms. The van der Waals surface area contributed by atoms with Gasteiger partial charge in [0.15, 0.2) is 5.78 Å². The molecule has 0 saturated heterocycles. The van der Waals surface area contributed by atoms with Crippen LogP contribution in [0.25, 0.3) is 0 Å². The van der Waals surface area contributed by atoms with Gasteiger partial charge in [0.05, 0.1) is 0 Å². The maximum atomic E-state index is 12.0. The fourth-order valence-electron chi connectivity index (χ4n) is 3.30. The van der Waals surface area contributed by atoms with Crippen LogP contribution >= 0.6 is 0 Å². The minimum Gasteiger partial charge on any atom is -0.292 e. The third-order valence-corrected chi connectivity index (χ3v) is 4.95. The summed E-state index contributed by atoms with van der Waals surface area (Å²) in [5.41, 5.74) is 3.89. The maximum Gasteiger partial charge on any atom is 0.271 e. The molecule has 0 aliphatic heterocycles. The first kappa shape index (κ1) is 19.7. The van der Waals surface area contributed by atoms with Gasteiger partial charge in [0, 0.05) is 23.6 Å². The first-order chi connectivity index (χ1) is 13.7. The summed E-state index contributed by atoms with van der Waals surface area (Å²) in [5.74, 6) is 0.631. The van der Waals surface area contributed by atoms with Gasteiger partial charge in [-0.1, -0.05) is 48.5 Å². The van der Waals surface area contributed by atoms with Crippen molar-refractivity contribution in [1.82, 2.24) is 5.43 Å². The molecule has 1 aliphatic rings. The molecule has 2 aromatic carbocycles. The number of Topliss-reactive ketones (excluding diaryl/α,β-unsaturated/α-hetero) is 1. The van der Waals surface area contributed by atoms with Crippen molar-refractivity contribution in [1.29, 1.82) is 0 Å². The summed E-state index contributed by atoms with van der Waals surface area (Å²) in [6, 6.07) is 18.3. The highest BCUT2D eigenvalue weighted by molar-refractivity contribution is 5.98. The van der Waals surface area contributed by atoms with E-state index < -0.39 is 0 Å². The number of nitrogens with one attached hydrogen (secondary N) is 1. The van der Waals surface area contributed by atoms with Gasteiger partial charge < -0.3 is 0 Å². The smallest absolute Gasteiger partial charge is 0.271 e. The molecule has 3 rings (SSSR count). The highest BCUT2D eigenvalue weighted by atomic mass is 16.2. The van der Waals surface area contributed by atoms with E-state index in [4.69, 9.17) is 0 Å². The van der Waals surface area contributed by atoms with Gasteiger partial charge in [0.25, 0.3) is 5.91 Å². The minimum atomic E-state index is -0.194. The Hall–Kier alpha value is -3.08. The number of hydrazone groups is 1. The van der Waals surface area contributed by atoms with Gasteiger partial charge in [-0.15, -0.1) is 0 Å². The van der Waals surface area contributed by atoms with E-state index >= 15 is 0 Å². The molecule has 0 atom stereocenters. The number of hydrogen-bond donors (Lipinski definition) is 1. The van der Waals surface area contributed by atoms with E-state index in [9.17, 15) is 9.59 Å². The quantitative estimate of drug-likeness (QED) is 0.448. The van der Waals surface area contributed by atoms with E-state index in [1.807, 2.05) is 61.0 Å². The van der Waals surface area contributed by atoms with Crippen LogP contribution in [0.15, 0.2) is 70.8 Å². The van der Waals surface area contributed by atoms with Crippen LogP contribution in [0, 0.1) is 11.8 Å². The number of carbonyl (C=O) groups excluding carboxylic acids is 2. The normalized spacial score (nSPS) is 19.7. The molecule has 1 N–H and O–H groups in total. The molecule has 0 bridgehead atoms. The van der Waals surface area contributed by atoms with Gasteiger partial charge in [0.2, 0.25) is 0 Å². The SMILES string of the molecule is O=C(CN=CC1CCC(/C=N\NC(=O)c2ccccc2)CC1)c1ccccc1. The number of nitrogens with zero attached hydrogens (tertiary/aromatic N) is 2. The number of hydrogen-bond acceptors (Lipinski definition) is 4. The highest BCUT2D eigenvalue weighted by Crippen LogP contribution is 2.26. The number of rotatable bonds is 7. The van der Waals surface area contributed by atoms with Gasteiger partial charge in [-0.05, 0) is 49.7 Å². The lowest BCUT2D eigenvalue weighted by molar-refractivity contribution is 0.0953. The van der Waals surface area contributed by atoms with Crippen LogP contribution in [-0.4, -0.2) is 30.7 Å². The topological polar surface area (TPSA) is 70.9 Å². The molecule has 0 radical (unpaired) electrons. The third-order valence-electron chi connectivity index (χ3n) is 4.95. The second kappa shape index (κ2) is 10.3. The molecule has 5 nitrogen and oxygen atoms in total. The molecule has 2 aromatic rings. The summed E-state index contributed by atoms with van der Waals surface area (Å²) in [5, 5.41) is 4.11. The summed E-state index contributed by atoms with van der Waals surface area (Å²) in [6.07, 6.45) is 7.83. The largest absolute Gasteiger partial charge is 0.292 e. The molecule has 1 saturated carbocycles. The summed E-state index contributed by atoms with van der Waals surface area (Å²) >= 11 is 0. The Morgan fingerprint density at radius 3 is 1.96 bits per heavy atom. The highest BCUT2D eigenvalue weighted by Gasteiger charge is 2.18. The Balaban J connectivity index is 1.37. The van der Waals surface area contributed by atoms with Crippen molar-refractivity contribution in [3.63, 3.8) is 0 Å². The Labute approximate surface area is 165 Å². The predicted molar refractivity (Wildman–Crippen MR) is 112 cm³/mol. The molecule has 1 aliphatic carbocycles. The van der Waals surface area contributed by atoms with Crippen molar-refractivity contribution in [2.24, 2.45) is 21.9 Å².